The highest BCUT2D eigenvalue weighted by Crippen LogP contribution is 2.29. The predicted molar refractivity (Wildman–Crippen MR) is 82.4 cm³/mol. The van der Waals surface area contributed by atoms with E-state index in [1.54, 1.807) is 0 Å². The number of para-hydroxylation sites is 1. The summed E-state index contributed by atoms with van der Waals surface area (Å²) < 4.78 is 13.6. The number of hydrogen-bond donors (Lipinski definition) is 2. The highest BCUT2D eigenvalue weighted by Gasteiger charge is 2.22. The van der Waals surface area contributed by atoms with Crippen LogP contribution in [0.1, 0.15) is 17.2 Å². The average Bonchev–Trinajstić information content (AvgIpc) is 2.52. The fourth-order valence-electron chi connectivity index (χ4n) is 2.83. The quantitative estimate of drug-likeness (QED) is 0.673. The molecule has 1 heterocycles. The minimum atomic E-state index is -0.827. The zero-order valence-corrected chi connectivity index (χ0v) is 11.9. The number of nitrogens with zero attached hydrogens (tertiary/aromatic N) is 1. The number of nitrogens with one attached hydrogen (secondary N) is 2. The normalized spacial score (nSPS) is 16.9. The molecule has 1 unspecified atom stereocenters. The Bertz CT molecular complexity index is 706. The van der Waals surface area contributed by atoms with Crippen LogP contribution in [0.25, 0.3) is 0 Å². The molecule has 3 rings (SSSR count). The van der Waals surface area contributed by atoms with Crippen LogP contribution in [0.5, 0.6) is 0 Å². The fraction of sp³-hybridized carbons (Fsp3) is 0.250. The van der Waals surface area contributed by atoms with Crippen LogP contribution in [-0.4, -0.2) is 18.0 Å². The van der Waals surface area contributed by atoms with E-state index in [2.05, 4.69) is 16.7 Å². The molecule has 2 aromatic rings. The molecular weight excluding hydrogens is 285 g/mol. The van der Waals surface area contributed by atoms with Crippen molar-refractivity contribution in [2.45, 2.75) is 12.5 Å². The van der Waals surface area contributed by atoms with Gasteiger partial charge in [-0.1, -0.05) is 30.3 Å². The Morgan fingerprint density at radius 1 is 1.27 bits per heavy atom. The number of nitro groups is 1. The van der Waals surface area contributed by atoms with Gasteiger partial charge in [-0.2, -0.15) is 4.39 Å². The van der Waals surface area contributed by atoms with Crippen molar-refractivity contribution >= 4 is 11.4 Å². The van der Waals surface area contributed by atoms with Crippen molar-refractivity contribution in [1.29, 1.82) is 0 Å². The lowest BCUT2D eigenvalue weighted by atomic mass is 9.94. The van der Waals surface area contributed by atoms with Crippen LogP contribution in [0.3, 0.4) is 0 Å². The number of anilines is 1. The molecule has 0 radical (unpaired) electrons. The van der Waals surface area contributed by atoms with E-state index in [1.807, 2.05) is 18.2 Å². The van der Waals surface area contributed by atoms with Crippen molar-refractivity contribution in [2.24, 2.45) is 0 Å². The maximum Gasteiger partial charge on any atom is 0.327 e. The first kappa shape index (κ1) is 14.5. The van der Waals surface area contributed by atoms with Gasteiger partial charge in [-0.25, -0.2) is 0 Å². The summed E-state index contributed by atoms with van der Waals surface area (Å²) in [5, 5.41) is 17.4. The molecule has 2 aromatic carbocycles. The van der Waals surface area contributed by atoms with Gasteiger partial charge in [0.2, 0.25) is 5.82 Å². The number of nitro benzene ring substituents is 1. The standard InChI is InChI=1S/C16H16FN3O2/c17-13-6-3-7-14(16(13)20(21)22)19-10-15-12-5-2-1-4-11(12)8-9-18-15/h1-7,15,18-19H,8-10H2. The predicted octanol–water partition coefficient (Wildman–Crippen LogP) is 3.03. The van der Waals surface area contributed by atoms with Gasteiger partial charge in [0, 0.05) is 12.6 Å². The molecule has 0 bridgehead atoms. The summed E-state index contributed by atoms with van der Waals surface area (Å²) in [7, 11) is 0. The van der Waals surface area contributed by atoms with Crippen LogP contribution >= 0.6 is 0 Å². The van der Waals surface area contributed by atoms with Gasteiger partial charge < -0.3 is 10.6 Å². The van der Waals surface area contributed by atoms with Gasteiger partial charge in [-0.15, -0.1) is 0 Å². The van der Waals surface area contributed by atoms with Crippen molar-refractivity contribution in [2.75, 3.05) is 18.4 Å². The van der Waals surface area contributed by atoms with E-state index < -0.39 is 16.4 Å². The van der Waals surface area contributed by atoms with Crippen molar-refractivity contribution in [3.05, 3.63) is 69.5 Å². The Balaban J connectivity index is 1.80. The highest BCUT2D eigenvalue weighted by atomic mass is 19.1. The lowest BCUT2D eigenvalue weighted by Crippen LogP contribution is -2.34. The van der Waals surface area contributed by atoms with Gasteiger partial charge in [-0.3, -0.25) is 10.1 Å². The third-order valence-corrected chi connectivity index (χ3v) is 3.88. The van der Waals surface area contributed by atoms with Crippen molar-refractivity contribution in [3.63, 3.8) is 0 Å². The van der Waals surface area contributed by atoms with Gasteiger partial charge >= 0.3 is 5.69 Å². The molecule has 1 aliphatic rings. The molecule has 6 heteroatoms. The minimum absolute atomic E-state index is 0.0489. The zero-order valence-electron chi connectivity index (χ0n) is 11.9. The number of hydrogen-bond acceptors (Lipinski definition) is 4. The Kier molecular flexibility index (Phi) is 4.02. The Hall–Kier alpha value is -2.47. The average molecular weight is 301 g/mol. The van der Waals surface area contributed by atoms with Gasteiger partial charge in [0.15, 0.2) is 0 Å². The second kappa shape index (κ2) is 6.11. The number of fused-ring (bicyclic) bond motifs is 1. The second-order valence-electron chi connectivity index (χ2n) is 5.23. The van der Waals surface area contributed by atoms with E-state index in [9.17, 15) is 14.5 Å². The summed E-state index contributed by atoms with van der Waals surface area (Å²) >= 11 is 0. The van der Waals surface area contributed by atoms with Crippen LogP contribution in [0.15, 0.2) is 42.5 Å². The molecule has 0 aromatic heterocycles. The summed E-state index contributed by atoms with van der Waals surface area (Å²) in [4.78, 5) is 10.3. The summed E-state index contributed by atoms with van der Waals surface area (Å²) in [6, 6.07) is 12.3. The van der Waals surface area contributed by atoms with Crippen LogP contribution in [0.4, 0.5) is 15.8 Å². The maximum atomic E-state index is 13.6. The van der Waals surface area contributed by atoms with Crippen molar-refractivity contribution in [1.82, 2.24) is 5.32 Å². The van der Waals surface area contributed by atoms with Gasteiger partial charge in [-0.05, 0) is 36.2 Å². The largest absolute Gasteiger partial charge is 0.377 e. The molecule has 5 nitrogen and oxygen atoms in total. The molecule has 1 atom stereocenters. The molecule has 0 saturated heterocycles. The van der Waals surface area contributed by atoms with Crippen molar-refractivity contribution < 1.29 is 9.31 Å². The molecular formula is C16H16FN3O2. The summed E-state index contributed by atoms with van der Waals surface area (Å²) in [6.07, 6.45) is 0.965. The molecule has 0 saturated carbocycles. The first-order valence-corrected chi connectivity index (χ1v) is 7.15. The maximum absolute atomic E-state index is 13.6. The first-order chi connectivity index (χ1) is 10.7. The van der Waals surface area contributed by atoms with E-state index in [1.165, 1.54) is 23.3 Å². The number of halogens is 1. The second-order valence-corrected chi connectivity index (χ2v) is 5.23. The molecule has 0 spiro atoms. The van der Waals surface area contributed by atoms with E-state index in [0.717, 1.165) is 19.0 Å². The zero-order chi connectivity index (χ0) is 15.5. The molecule has 0 aliphatic carbocycles. The van der Waals surface area contributed by atoms with E-state index >= 15 is 0 Å². The molecule has 1 aliphatic heterocycles. The van der Waals surface area contributed by atoms with Gasteiger partial charge in [0.1, 0.15) is 5.69 Å². The topological polar surface area (TPSA) is 67.2 Å². The van der Waals surface area contributed by atoms with Crippen LogP contribution in [-0.2, 0) is 6.42 Å². The molecule has 22 heavy (non-hydrogen) atoms. The lowest BCUT2D eigenvalue weighted by molar-refractivity contribution is -0.386. The summed E-state index contributed by atoms with van der Waals surface area (Å²) in [5.74, 6) is -0.827. The molecule has 0 amide bonds. The molecule has 2 N–H and O–H groups in total. The Morgan fingerprint density at radius 2 is 2.09 bits per heavy atom. The molecule has 114 valence electrons. The number of rotatable bonds is 4. The molecule has 0 fully saturated rings. The Morgan fingerprint density at radius 3 is 2.91 bits per heavy atom. The summed E-state index contributed by atoms with van der Waals surface area (Å²) in [5.41, 5.74) is 2.16. The van der Waals surface area contributed by atoms with E-state index in [-0.39, 0.29) is 11.7 Å². The van der Waals surface area contributed by atoms with E-state index in [4.69, 9.17) is 0 Å². The lowest BCUT2D eigenvalue weighted by Gasteiger charge is -2.27. The van der Waals surface area contributed by atoms with E-state index in [0.29, 0.717) is 6.54 Å². The van der Waals surface area contributed by atoms with Gasteiger partial charge in [0.25, 0.3) is 0 Å². The van der Waals surface area contributed by atoms with Gasteiger partial charge in [0.05, 0.1) is 4.92 Å². The Labute approximate surface area is 127 Å². The van der Waals surface area contributed by atoms with Crippen LogP contribution in [0.2, 0.25) is 0 Å². The smallest absolute Gasteiger partial charge is 0.327 e. The SMILES string of the molecule is O=[N+]([O-])c1c(F)cccc1NCC1NCCc2ccccc21. The highest BCUT2D eigenvalue weighted by molar-refractivity contribution is 5.62. The third kappa shape index (κ3) is 2.78. The fourth-order valence-corrected chi connectivity index (χ4v) is 2.83. The van der Waals surface area contributed by atoms with Crippen molar-refractivity contribution in [3.8, 4) is 0 Å². The minimum Gasteiger partial charge on any atom is -0.377 e. The first-order valence-electron chi connectivity index (χ1n) is 7.15. The van der Waals surface area contributed by atoms with Crippen LogP contribution < -0.4 is 10.6 Å². The van der Waals surface area contributed by atoms with Crippen LogP contribution in [0, 0.1) is 15.9 Å². The monoisotopic (exact) mass is 301 g/mol. The number of benzene rings is 2. The third-order valence-electron chi connectivity index (χ3n) is 3.88. The summed E-state index contributed by atoms with van der Waals surface area (Å²) in [6.45, 7) is 1.32.